The predicted octanol–water partition coefficient (Wildman–Crippen LogP) is 3.22. The molecule has 9 nitrogen and oxygen atoms in total. The van der Waals surface area contributed by atoms with Crippen molar-refractivity contribution in [2.45, 2.75) is 24.9 Å². The molecule has 180 valence electrons. The minimum absolute atomic E-state index is 0.0187. The Morgan fingerprint density at radius 2 is 1.77 bits per heavy atom. The minimum Gasteiger partial charge on any atom is -0.480 e. The van der Waals surface area contributed by atoms with Crippen LogP contribution in [-0.2, 0) is 23.1 Å². The normalized spacial score (nSPS) is 12.8. The first-order valence-corrected chi connectivity index (χ1v) is 11.1. The average Bonchev–Trinajstić information content (AvgIpc) is 3.38. The lowest BCUT2D eigenvalue weighted by Crippen LogP contribution is -2.40. The molecule has 1 unspecified atom stereocenters. The molecule has 0 aliphatic heterocycles. The van der Waals surface area contributed by atoms with Crippen molar-refractivity contribution in [1.82, 2.24) is 20.4 Å². The Morgan fingerprint density at radius 1 is 1.14 bits per heavy atom. The molecular weight excluding hydrogens is 448 g/mol. The van der Waals surface area contributed by atoms with Crippen LogP contribution in [0.3, 0.4) is 0 Å². The van der Waals surface area contributed by atoms with Crippen molar-refractivity contribution < 1.29 is 24.2 Å². The second-order valence-corrected chi connectivity index (χ2v) is 8.20. The summed E-state index contributed by atoms with van der Waals surface area (Å²) in [6.07, 6.45) is 2.20. The number of carboxylic acid groups (broad SMARTS) is 1. The molecule has 1 aliphatic carbocycles. The van der Waals surface area contributed by atoms with Gasteiger partial charge in [0.05, 0.1) is 24.0 Å². The van der Waals surface area contributed by atoms with E-state index in [1.54, 1.807) is 7.05 Å². The average molecular weight is 475 g/mol. The molecule has 1 aliphatic rings. The van der Waals surface area contributed by atoms with E-state index in [1.165, 1.54) is 17.0 Å². The summed E-state index contributed by atoms with van der Waals surface area (Å²) in [5, 5.41) is 18.4. The fourth-order valence-electron chi connectivity index (χ4n) is 4.29. The Hall–Kier alpha value is -4.40. The number of carboxylic acids is 1. The molecule has 2 amide bonds. The zero-order valence-electron chi connectivity index (χ0n) is 19.2. The summed E-state index contributed by atoms with van der Waals surface area (Å²) in [5.74, 6) is -1.83. The number of hydrogen-bond donors (Lipinski definition) is 3. The third kappa shape index (κ3) is 4.93. The minimum atomic E-state index is -1.17. The lowest BCUT2D eigenvalue weighted by molar-refractivity contribution is -0.139. The fourth-order valence-corrected chi connectivity index (χ4v) is 4.29. The van der Waals surface area contributed by atoms with Crippen molar-refractivity contribution in [1.29, 1.82) is 0 Å². The second kappa shape index (κ2) is 10.3. The number of nitrogens with one attached hydrogen (secondary N) is 2. The number of nitrogens with zero attached hydrogens (tertiary/aromatic N) is 2. The van der Waals surface area contributed by atoms with Crippen LogP contribution in [0.1, 0.15) is 39.5 Å². The number of fused-ring (bicyclic) bond motifs is 3. The van der Waals surface area contributed by atoms with Crippen LogP contribution in [0.4, 0.5) is 4.79 Å². The van der Waals surface area contributed by atoms with Gasteiger partial charge in [-0.05, 0) is 28.7 Å². The molecule has 4 rings (SSSR count). The van der Waals surface area contributed by atoms with E-state index in [2.05, 4.69) is 34.4 Å². The van der Waals surface area contributed by atoms with E-state index >= 15 is 0 Å². The Balaban J connectivity index is 1.39. The van der Waals surface area contributed by atoms with Crippen LogP contribution in [0, 0.1) is 0 Å². The van der Waals surface area contributed by atoms with Gasteiger partial charge in [0, 0.05) is 13.0 Å². The van der Waals surface area contributed by atoms with E-state index in [1.807, 2.05) is 36.4 Å². The Labute approximate surface area is 202 Å². The summed E-state index contributed by atoms with van der Waals surface area (Å²) in [4.78, 5) is 36.5. The predicted molar refractivity (Wildman–Crippen MR) is 129 cm³/mol. The van der Waals surface area contributed by atoms with Crippen molar-refractivity contribution in [3.63, 3.8) is 0 Å². The third-order valence-corrected chi connectivity index (χ3v) is 6.06. The lowest BCUT2D eigenvalue weighted by atomic mass is 9.98. The van der Waals surface area contributed by atoms with Crippen molar-refractivity contribution in [2.24, 2.45) is 7.05 Å². The Kier molecular flexibility index (Phi) is 6.96. The Bertz CT molecular complexity index is 1240. The first kappa shape index (κ1) is 23.7. The molecule has 0 spiro atoms. The number of aromatic nitrogens is 2. The van der Waals surface area contributed by atoms with E-state index in [0.717, 1.165) is 22.3 Å². The van der Waals surface area contributed by atoms with Gasteiger partial charge in [-0.1, -0.05) is 54.6 Å². The maximum atomic E-state index is 12.6. The molecule has 9 heteroatoms. The maximum Gasteiger partial charge on any atom is 0.407 e. The van der Waals surface area contributed by atoms with Crippen LogP contribution in [0.2, 0.25) is 0 Å². The smallest absolute Gasteiger partial charge is 0.407 e. The summed E-state index contributed by atoms with van der Waals surface area (Å²) in [6.45, 7) is 3.66. The molecular formula is C26H26N4O5. The van der Waals surface area contributed by atoms with Gasteiger partial charge < -0.3 is 20.5 Å². The first-order chi connectivity index (χ1) is 16.9. The lowest BCUT2D eigenvalue weighted by Gasteiger charge is -2.15. The van der Waals surface area contributed by atoms with Crippen molar-refractivity contribution in [3.05, 3.63) is 89.8 Å². The van der Waals surface area contributed by atoms with E-state index < -0.39 is 24.0 Å². The van der Waals surface area contributed by atoms with Gasteiger partial charge in [-0.2, -0.15) is 5.10 Å². The SMILES string of the molecule is C=CCC(NC(=O)c1cnn(C)c1CNC(=O)OCC1c2ccccc2-c2ccccc21)C(=O)O. The van der Waals surface area contributed by atoms with Crippen molar-refractivity contribution >= 4 is 18.0 Å². The van der Waals surface area contributed by atoms with Crippen molar-refractivity contribution in [2.75, 3.05) is 6.61 Å². The number of aliphatic carboxylic acids is 1. The number of rotatable bonds is 9. The molecule has 35 heavy (non-hydrogen) atoms. The van der Waals surface area contributed by atoms with Gasteiger partial charge in [0.1, 0.15) is 12.6 Å². The summed E-state index contributed by atoms with van der Waals surface area (Å²) >= 11 is 0. The zero-order valence-corrected chi connectivity index (χ0v) is 19.2. The van der Waals surface area contributed by atoms with Crippen LogP contribution < -0.4 is 10.6 Å². The number of benzene rings is 2. The number of alkyl carbamates (subject to hydrolysis) is 1. The van der Waals surface area contributed by atoms with E-state index in [0.29, 0.717) is 5.69 Å². The number of carbonyl (C=O) groups is 3. The van der Waals surface area contributed by atoms with Gasteiger partial charge in [0.15, 0.2) is 0 Å². The first-order valence-electron chi connectivity index (χ1n) is 11.1. The summed E-state index contributed by atoms with van der Waals surface area (Å²) < 4.78 is 6.98. The monoisotopic (exact) mass is 474 g/mol. The maximum absolute atomic E-state index is 12.6. The summed E-state index contributed by atoms with van der Waals surface area (Å²) in [5.41, 5.74) is 5.08. The quantitative estimate of drug-likeness (QED) is 0.409. The highest BCUT2D eigenvalue weighted by molar-refractivity contribution is 5.97. The summed E-state index contributed by atoms with van der Waals surface area (Å²) in [7, 11) is 1.63. The number of hydrogen-bond acceptors (Lipinski definition) is 5. The van der Waals surface area contributed by atoms with Crippen LogP contribution in [0.25, 0.3) is 11.1 Å². The van der Waals surface area contributed by atoms with Crippen LogP contribution in [-0.4, -0.2) is 45.5 Å². The summed E-state index contributed by atoms with van der Waals surface area (Å²) in [6, 6.07) is 15.0. The van der Waals surface area contributed by atoms with E-state index in [4.69, 9.17) is 4.74 Å². The molecule has 2 aromatic carbocycles. The molecule has 1 heterocycles. The molecule has 0 fully saturated rings. The largest absolute Gasteiger partial charge is 0.480 e. The van der Waals surface area contributed by atoms with E-state index in [-0.39, 0.29) is 31.1 Å². The third-order valence-electron chi connectivity index (χ3n) is 6.06. The molecule has 3 N–H and O–H groups in total. The standard InChI is InChI=1S/C26H26N4O5/c1-3-8-22(25(32)33)29-24(31)20-13-28-30(2)23(20)14-27-26(34)35-15-21-18-11-6-4-9-16(18)17-10-5-7-12-19(17)21/h3-7,9-13,21-22H,1,8,14-15H2,2H3,(H,27,34)(H,29,31)(H,32,33). The molecule has 0 radical (unpaired) electrons. The van der Waals surface area contributed by atoms with Gasteiger partial charge in [0.2, 0.25) is 0 Å². The Morgan fingerprint density at radius 3 is 2.37 bits per heavy atom. The van der Waals surface area contributed by atoms with Gasteiger partial charge in [0.25, 0.3) is 5.91 Å². The van der Waals surface area contributed by atoms with Crippen molar-refractivity contribution in [3.8, 4) is 11.1 Å². The molecule has 0 bridgehead atoms. The van der Waals surface area contributed by atoms with Crippen LogP contribution in [0.15, 0.2) is 67.4 Å². The zero-order chi connectivity index (χ0) is 24.9. The number of amides is 2. The molecule has 0 saturated carbocycles. The highest BCUT2D eigenvalue weighted by atomic mass is 16.5. The van der Waals surface area contributed by atoms with E-state index in [9.17, 15) is 19.5 Å². The van der Waals surface area contributed by atoms with Gasteiger partial charge in [-0.3, -0.25) is 9.48 Å². The second-order valence-electron chi connectivity index (χ2n) is 8.20. The fraction of sp³-hybridized carbons (Fsp3) is 0.231. The van der Waals surface area contributed by atoms with Gasteiger partial charge in [-0.25, -0.2) is 9.59 Å². The number of ether oxygens (including phenoxy) is 1. The molecule has 3 aromatic rings. The van der Waals surface area contributed by atoms with Gasteiger partial charge >= 0.3 is 12.1 Å². The van der Waals surface area contributed by atoms with Crippen LogP contribution in [0.5, 0.6) is 0 Å². The highest BCUT2D eigenvalue weighted by Crippen LogP contribution is 2.44. The van der Waals surface area contributed by atoms with Crippen LogP contribution >= 0.6 is 0 Å². The molecule has 1 atom stereocenters. The molecule has 1 aromatic heterocycles. The highest BCUT2D eigenvalue weighted by Gasteiger charge is 2.29. The topological polar surface area (TPSA) is 123 Å². The number of aryl methyl sites for hydroxylation is 1. The number of carbonyl (C=O) groups excluding carboxylic acids is 2. The van der Waals surface area contributed by atoms with Gasteiger partial charge in [-0.15, -0.1) is 6.58 Å². The molecule has 0 saturated heterocycles.